The number of nitro benzene ring substituents is 1. The van der Waals surface area contributed by atoms with Crippen LogP contribution in [0.5, 0.6) is 0 Å². The molecule has 0 saturated carbocycles. The summed E-state index contributed by atoms with van der Waals surface area (Å²) in [5.41, 5.74) is 2.52. The van der Waals surface area contributed by atoms with Crippen molar-refractivity contribution in [1.29, 1.82) is 0 Å². The lowest BCUT2D eigenvalue weighted by Crippen LogP contribution is -2.33. The van der Waals surface area contributed by atoms with Gasteiger partial charge in [-0.25, -0.2) is 0 Å². The number of hydrogen-bond acceptors (Lipinski definition) is 6. The zero-order chi connectivity index (χ0) is 25.8. The minimum Gasteiger partial charge on any atom is -0.350 e. The molecule has 10 heteroatoms. The normalized spacial score (nSPS) is 16.7. The number of nitrogens with one attached hydrogen (secondary N) is 2. The van der Waals surface area contributed by atoms with Crippen LogP contribution in [0.1, 0.15) is 28.8 Å². The molecule has 1 saturated heterocycles. The van der Waals surface area contributed by atoms with E-state index in [-0.39, 0.29) is 28.7 Å². The molecule has 4 heterocycles. The summed E-state index contributed by atoms with van der Waals surface area (Å²) in [5, 5.41) is 18.3. The van der Waals surface area contributed by atoms with Gasteiger partial charge in [-0.05, 0) is 38.1 Å². The third-order valence-corrected chi connectivity index (χ3v) is 7.29. The number of fused-ring (bicyclic) bond motifs is 2. The maximum absolute atomic E-state index is 13.5. The molecule has 2 aliphatic rings. The van der Waals surface area contributed by atoms with E-state index in [0.29, 0.717) is 32.9 Å². The molecule has 2 aromatic heterocycles. The summed E-state index contributed by atoms with van der Waals surface area (Å²) in [7, 11) is 1.73. The number of carbonyl (C=O) groups excluding carboxylic acids is 3. The van der Waals surface area contributed by atoms with E-state index in [4.69, 9.17) is 0 Å². The molecule has 2 aromatic carbocycles. The molecule has 0 radical (unpaired) electrons. The Kier molecular flexibility index (Phi) is 5.27. The van der Waals surface area contributed by atoms with Crippen LogP contribution in [0.25, 0.3) is 33.0 Å². The largest absolute Gasteiger partial charge is 0.350 e. The third kappa shape index (κ3) is 3.56. The predicted octanol–water partition coefficient (Wildman–Crippen LogP) is 3.25. The molecular formula is C27H23N5O5. The average molecular weight is 498 g/mol. The Morgan fingerprint density at radius 3 is 2.30 bits per heavy atom. The topological polar surface area (TPSA) is 128 Å². The van der Waals surface area contributed by atoms with Gasteiger partial charge in [-0.15, -0.1) is 0 Å². The minimum absolute atomic E-state index is 0.0340. The number of nitrogens with zero attached hydrogens (tertiary/aromatic N) is 3. The lowest BCUT2D eigenvalue weighted by molar-refractivity contribution is -0.384. The molecule has 10 nitrogen and oxygen atoms in total. The maximum atomic E-state index is 13.5. The van der Waals surface area contributed by atoms with Crippen LogP contribution in [-0.2, 0) is 16.6 Å². The summed E-state index contributed by atoms with van der Waals surface area (Å²) in [6.07, 6.45) is 4.82. The van der Waals surface area contributed by atoms with Crippen LogP contribution in [0.2, 0.25) is 0 Å². The number of nitro groups is 1. The highest BCUT2D eigenvalue weighted by molar-refractivity contribution is 6.50. The van der Waals surface area contributed by atoms with Gasteiger partial charge in [0.05, 0.1) is 27.1 Å². The molecule has 186 valence electrons. The molecule has 4 aromatic rings. The van der Waals surface area contributed by atoms with Crippen molar-refractivity contribution in [1.82, 2.24) is 19.8 Å². The molecule has 1 fully saturated rings. The zero-order valence-electron chi connectivity index (χ0n) is 20.0. The van der Waals surface area contributed by atoms with Crippen LogP contribution < -0.4 is 10.6 Å². The first-order chi connectivity index (χ1) is 17.8. The molecule has 6 rings (SSSR count). The number of hydrogen-bond donors (Lipinski definition) is 2. The van der Waals surface area contributed by atoms with E-state index in [1.807, 2.05) is 24.3 Å². The number of non-ortho nitro benzene ring substituents is 1. The molecule has 0 spiro atoms. The van der Waals surface area contributed by atoms with Crippen molar-refractivity contribution in [2.24, 2.45) is 13.0 Å². The highest BCUT2D eigenvalue weighted by Crippen LogP contribution is 2.39. The first kappa shape index (κ1) is 22.9. The number of para-hydroxylation sites is 1. The maximum Gasteiger partial charge on any atom is 0.271 e. The molecule has 37 heavy (non-hydrogen) atoms. The van der Waals surface area contributed by atoms with Crippen molar-refractivity contribution in [3.63, 3.8) is 0 Å². The van der Waals surface area contributed by atoms with Gasteiger partial charge < -0.3 is 9.88 Å². The molecule has 0 unspecified atom stereocenters. The van der Waals surface area contributed by atoms with Crippen LogP contribution in [0.3, 0.4) is 0 Å². The van der Waals surface area contributed by atoms with Gasteiger partial charge >= 0.3 is 0 Å². The van der Waals surface area contributed by atoms with Gasteiger partial charge in [0.15, 0.2) is 0 Å². The number of piperidine rings is 1. The Labute approximate surface area is 210 Å². The second-order valence-corrected chi connectivity index (χ2v) is 9.44. The van der Waals surface area contributed by atoms with Crippen molar-refractivity contribution in [2.45, 2.75) is 12.8 Å². The van der Waals surface area contributed by atoms with E-state index in [0.717, 1.165) is 25.9 Å². The summed E-state index contributed by atoms with van der Waals surface area (Å²) >= 11 is 0. The highest BCUT2D eigenvalue weighted by Gasteiger charge is 2.36. The number of amides is 2. The van der Waals surface area contributed by atoms with E-state index >= 15 is 0 Å². The van der Waals surface area contributed by atoms with Gasteiger partial charge in [-0.3, -0.25) is 34.4 Å². The summed E-state index contributed by atoms with van der Waals surface area (Å²) in [5.74, 6) is -1.26. The summed E-state index contributed by atoms with van der Waals surface area (Å²) in [6.45, 7) is 1.54. The highest BCUT2D eigenvalue weighted by atomic mass is 16.6. The monoisotopic (exact) mass is 497 g/mol. The van der Waals surface area contributed by atoms with Crippen LogP contribution in [0.15, 0.2) is 54.9 Å². The first-order valence-electron chi connectivity index (χ1n) is 12.0. The molecule has 2 amide bonds. The third-order valence-electron chi connectivity index (χ3n) is 7.29. The van der Waals surface area contributed by atoms with E-state index < -0.39 is 16.7 Å². The predicted molar refractivity (Wildman–Crippen MR) is 138 cm³/mol. The van der Waals surface area contributed by atoms with Gasteiger partial charge in [0.2, 0.25) is 5.91 Å². The van der Waals surface area contributed by atoms with Crippen LogP contribution in [0, 0.1) is 16.0 Å². The molecule has 0 atom stereocenters. The molecule has 0 aliphatic carbocycles. The average Bonchev–Trinajstić information content (AvgIpc) is 3.54. The Bertz CT molecular complexity index is 1690. The number of imide groups is 1. The van der Waals surface area contributed by atoms with E-state index in [2.05, 4.69) is 10.6 Å². The first-order valence-corrected chi connectivity index (χ1v) is 12.0. The van der Waals surface area contributed by atoms with Gasteiger partial charge in [0.25, 0.3) is 17.5 Å². The summed E-state index contributed by atoms with van der Waals surface area (Å²) in [6, 6.07) is 11.8. The standard InChI is InChI=1S/C27H23N5O5/c1-30-13-19(18-7-6-16(32(36)37)12-22(18)30)23-24(26(34)29-25(23)33)20-14-31(21-5-3-2-4-17(20)21)27(35)15-8-10-28-11-9-15/h2-7,12-15,28H,8-11H2,1H3,(H,29,33,34). The van der Waals surface area contributed by atoms with E-state index in [1.165, 1.54) is 12.1 Å². The molecule has 2 aliphatic heterocycles. The quantitative estimate of drug-likeness (QED) is 0.253. The fraction of sp³-hybridized carbons (Fsp3) is 0.222. The van der Waals surface area contributed by atoms with Crippen LogP contribution in [-0.4, -0.2) is 44.9 Å². The summed E-state index contributed by atoms with van der Waals surface area (Å²) < 4.78 is 3.30. The van der Waals surface area contributed by atoms with E-state index in [1.54, 1.807) is 34.6 Å². The van der Waals surface area contributed by atoms with Crippen molar-refractivity contribution in [2.75, 3.05) is 13.1 Å². The fourth-order valence-electron chi connectivity index (χ4n) is 5.48. The van der Waals surface area contributed by atoms with Gasteiger partial charge in [-0.2, -0.15) is 0 Å². The number of aromatic nitrogens is 2. The number of aryl methyl sites for hydroxylation is 1. The number of rotatable bonds is 4. The Morgan fingerprint density at radius 1 is 0.946 bits per heavy atom. The smallest absolute Gasteiger partial charge is 0.271 e. The number of benzene rings is 2. The van der Waals surface area contributed by atoms with E-state index in [9.17, 15) is 24.5 Å². The van der Waals surface area contributed by atoms with Crippen molar-refractivity contribution in [3.05, 3.63) is 76.1 Å². The van der Waals surface area contributed by atoms with Crippen LogP contribution in [0.4, 0.5) is 5.69 Å². The Hall–Kier alpha value is -4.57. The van der Waals surface area contributed by atoms with Crippen molar-refractivity contribution in [3.8, 4) is 0 Å². The van der Waals surface area contributed by atoms with Gasteiger partial charge in [0.1, 0.15) is 0 Å². The van der Waals surface area contributed by atoms with Gasteiger partial charge in [-0.1, -0.05) is 18.2 Å². The second-order valence-electron chi connectivity index (χ2n) is 9.44. The minimum atomic E-state index is -0.549. The lowest BCUT2D eigenvalue weighted by Gasteiger charge is -2.21. The molecule has 2 N–H and O–H groups in total. The fourth-order valence-corrected chi connectivity index (χ4v) is 5.48. The lowest BCUT2D eigenvalue weighted by atomic mass is 9.95. The SMILES string of the molecule is Cn1cc(C2=C(c3cn(C(=O)C4CCNCC4)c4ccccc34)C(=O)NC2=O)c2ccc([N+](=O)[O-])cc21. The molecule has 0 bridgehead atoms. The second kappa shape index (κ2) is 8.52. The van der Waals surface area contributed by atoms with Crippen molar-refractivity contribution >= 4 is 56.4 Å². The zero-order valence-corrected chi connectivity index (χ0v) is 20.0. The van der Waals surface area contributed by atoms with Crippen LogP contribution >= 0.6 is 0 Å². The van der Waals surface area contributed by atoms with Crippen molar-refractivity contribution < 1.29 is 19.3 Å². The van der Waals surface area contributed by atoms with Gasteiger partial charge in [0, 0.05) is 59.4 Å². The Balaban J connectivity index is 1.58. The Morgan fingerprint density at radius 2 is 1.59 bits per heavy atom. The number of carbonyl (C=O) groups is 3. The summed E-state index contributed by atoms with van der Waals surface area (Å²) in [4.78, 5) is 50.6. The molecular weight excluding hydrogens is 474 g/mol.